The number of aliphatic hydroxyl groups is 1. The Kier molecular flexibility index (Phi) is 3.41. The molecule has 0 saturated carbocycles. The Labute approximate surface area is 102 Å². The van der Waals surface area contributed by atoms with Crippen LogP contribution in [0.5, 0.6) is 0 Å². The smallest absolute Gasteiger partial charge is 0.125 e. The number of hydrogen-bond donors (Lipinski definition) is 1. The van der Waals surface area contributed by atoms with Crippen molar-refractivity contribution < 1.29 is 13.9 Å². The third-order valence-corrected chi connectivity index (χ3v) is 2.60. The van der Waals surface area contributed by atoms with Gasteiger partial charge in [-0.15, -0.1) is 0 Å². The van der Waals surface area contributed by atoms with Crippen LogP contribution >= 0.6 is 11.6 Å². The molecule has 0 aromatic heterocycles. The Balaban J connectivity index is 2.36. The van der Waals surface area contributed by atoms with Crippen LogP contribution in [-0.4, -0.2) is 5.11 Å². The van der Waals surface area contributed by atoms with Crippen LogP contribution in [-0.2, 0) is 0 Å². The van der Waals surface area contributed by atoms with Crippen LogP contribution in [0.2, 0.25) is 5.02 Å². The predicted molar refractivity (Wildman–Crippen MR) is 61.9 cm³/mol. The molecule has 0 aliphatic rings. The highest BCUT2D eigenvalue weighted by atomic mass is 35.5. The van der Waals surface area contributed by atoms with Crippen molar-refractivity contribution in [3.8, 4) is 0 Å². The lowest BCUT2D eigenvalue weighted by Gasteiger charge is -2.11. The number of rotatable bonds is 2. The third-order valence-electron chi connectivity index (χ3n) is 2.39. The van der Waals surface area contributed by atoms with Gasteiger partial charge in [0.25, 0.3) is 0 Å². The van der Waals surface area contributed by atoms with Crippen LogP contribution in [0.1, 0.15) is 17.2 Å². The molecule has 0 bridgehead atoms. The number of hydrogen-bond acceptors (Lipinski definition) is 1. The van der Waals surface area contributed by atoms with Crippen molar-refractivity contribution in [3.63, 3.8) is 0 Å². The van der Waals surface area contributed by atoms with Crippen LogP contribution in [0.25, 0.3) is 0 Å². The maximum atomic E-state index is 13.1. The van der Waals surface area contributed by atoms with Gasteiger partial charge in [0.2, 0.25) is 0 Å². The first-order valence-electron chi connectivity index (χ1n) is 4.96. The first-order valence-corrected chi connectivity index (χ1v) is 5.33. The highest BCUT2D eigenvalue weighted by Gasteiger charge is 2.12. The second-order valence-corrected chi connectivity index (χ2v) is 4.09. The Hall–Kier alpha value is -1.45. The van der Waals surface area contributed by atoms with E-state index in [1.54, 1.807) is 0 Å². The van der Waals surface area contributed by atoms with E-state index in [0.29, 0.717) is 11.1 Å². The van der Waals surface area contributed by atoms with Crippen LogP contribution in [0, 0.1) is 11.6 Å². The summed E-state index contributed by atoms with van der Waals surface area (Å²) in [6, 6.07) is 9.18. The van der Waals surface area contributed by atoms with Crippen molar-refractivity contribution in [3.05, 3.63) is 70.2 Å². The monoisotopic (exact) mass is 254 g/mol. The van der Waals surface area contributed by atoms with Gasteiger partial charge in [-0.05, 0) is 41.5 Å². The molecular formula is C13H9ClF2O. The fraction of sp³-hybridized carbons (Fsp3) is 0.0769. The van der Waals surface area contributed by atoms with E-state index in [-0.39, 0.29) is 5.02 Å². The van der Waals surface area contributed by atoms with E-state index >= 15 is 0 Å². The van der Waals surface area contributed by atoms with E-state index in [9.17, 15) is 13.9 Å². The lowest BCUT2D eigenvalue weighted by molar-refractivity contribution is 0.219. The van der Waals surface area contributed by atoms with Gasteiger partial charge in [-0.2, -0.15) is 0 Å². The SMILES string of the molecule is OC(c1ccc(F)cc1)c1cc(F)cc(Cl)c1. The van der Waals surface area contributed by atoms with Gasteiger partial charge in [0.1, 0.15) is 17.7 Å². The van der Waals surface area contributed by atoms with E-state index in [2.05, 4.69) is 0 Å². The largest absolute Gasteiger partial charge is 0.384 e. The van der Waals surface area contributed by atoms with E-state index in [1.165, 1.54) is 36.4 Å². The normalized spacial score (nSPS) is 12.5. The molecule has 1 unspecified atom stereocenters. The molecule has 4 heteroatoms. The maximum Gasteiger partial charge on any atom is 0.125 e. The van der Waals surface area contributed by atoms with E-state index < -0.39 is 17.7 Å². The van der Waals surface area contributed by atoms with Crippen molar-refractivity contribution in [2.45, 2.75) is 6.10 Å². The van der Waals surface area contributed by atoms with Crippen LogP contribution < -0.4 is 0 Å². The molecule has 2 rings (SSSR count). The Bertz CT molecular complexity index is 505. The second-order valence-electron chi connectivity index (χ2n) is 3.66. The minimum Gasteiger partial charge on any atom is -0.384 e. The van der Waals surface area contributed by atoms with Gasteiger partial charge in [-0.3, -0.25) is 0 Å². The molecule has 0 spiro atoms. The van der Waals surface area contributed by atoms with Crippen LogP contribution in [0.3, 0.4) is 0 Å². The molecule has 2 aromatic rings. The third kappa shape index (κ3) is 2.81. The lowest BCUT2D eigenvalue weighted by Crippen LogP contribution is -2.00. The Morgan fingerprint density at radius 1 is 0.882 bits per heavy atom. The Morgan fingerprint density at radius 3 is 2.12 bits per heavy atom. The van der Waals surface area contributed by atoms with Gasteiger partial charge in [0, 0.05) is 5.02 Å². The summed E-state index contributed by atoms with van der Waals surface area (Å²) in [4.78, 5) is 0. The fourth-order valence-electron chi connectivity index (χ4n) is 1.57. The molecule has 0 fully saturated rings. The molecule has 0 heterocycles. The number of benzene rings is 2. The fourth-order valence-corrected chi connectivity index (χ4v) is 1.80. The molecule has 0 saturated heterocycles. The summed E-state index contributed by atoms with van der Waals surface area (Å²) in [6.07, 6.45) is -1.02. The summed E-state index contributed by atoms with van der Waals surface area (Å²) < 4.78 is 25.8. The molecule has 0 radical (unpaired) electrons. The molecule has 1 nitrogen and oxygen atoms in total. The Morgan fingerprint density at radius 2 is 1.53 bits per heavy atom. The predicted octanol–water partition coefficient (Wildman–Crippen LogP) is 3.70. The summed E-state index contributed by atoms with van der Waals surface area (Å²) in [7, 11) is 0. The van der Waals surface area contributed by atoms with Crippen molar-refractivity contribution in [2.24, 2.45) is 0 Å². The molecule has 0 amide bonds. The number of halogens is 3. The van der Waals surface area contributed by atoms with Crippen molar-refractivity contribution >= 4 is 11.6 Å². The summed E-state index contributed by atoms with van der Waals surface area (Å²) >= 11 is 5.70. The first kappa shape index (κ1) is 12.0. The van der Waals surface area contributed by atoms with Crippen LogP contribution in [0.15, 0.2) is 42.5 Å². The zero-order chi connectivity index (χ0) is 12.4. The van der Waals surface area contributed by atoms with Gasteiger partial charge in [-0.25, -0.2) is 8.78 Å². The quantitative estimate of drug-likeness (QED) is 0.866. The average Bonchev–Trinajstić information content (AvgIpc) is 2.28. The molecule has 0 aliphatic heterocycles. The molecule has 88 valence electrons. The zero-order valence-corrected chi connectivity index (χ0v) is 9.46. The molecule has 1 atom stereocenters. The molecule has 17 heavy (non-hydrogen) atoms. The lowest BCUT2D eigenvalue weighted by atomic mass is 10.0. The molecular weight excluding hydrogens is 246 g/mol. The highest BCUT2D eigenvalue weighted by molar-refractivity contribution is 6.30. The average molecular weight is 255 g/mol. The van der Waals surface area contributed by atoms with Gasteiger partial charge in [-0.1, -0.05) is 23.7 Å². The van der Waals surface area contributed by atoms with Gasteiger partial charge >= 0.3 is 0 Å². The van der Waals surface area contributed by atoms with E-state index in [0.717, 1.165) is 6.07 Å². The summed E-state index contributed by atoms with van der Waals surface area (Å²) in [5.74, 6) is -0.910. The standard InChI is InChI=1S/C13H9ClF2O/c14-10-5-9(6-12(16)7-10)13(17)8-1-3-11(15)4-2-8/h1-7,13,17H. The van der Waals surface area contributed by atoms with E-state index in [1.807, 2.05) is 0 Å². The molecule has 1 N–H and O–H groups in total. The van der Waals surface area contributed by atoms with Crippen molar-refractivity contribution in [1.82, 2.24) is 0 Å². The second kappa shape index (κ2) is 4.82. The van der Waals surface area contributed by atoms with Gasteiger partial charge < -0.3 is 5.11 Å². The molecule has 0 aliphatic carbocycles. The summed E-state index contributed by atoms with van der Waals surface area (Å²) in [6.45, 7) is 0. The minimum absolute atomic E-state index is 0.209. The highest BCUT2D eigenvalue weighted by Crippen LogP contribution is 2.25. The minimum atomic E-state index is -1.02. The summed E-state index contributed by atoms with van der Waals surface area (Å²) in [5.41, 5.74) is 0.815. The molecule has 2 aromatic carbocycles. The van der Waals surface area contributed by atoms with Gasteiger partial charge in [0.05, 0.1) is 0 Å². The summed E-state index contributed by atoms with van der Waals surface area (Å²) in [5, 5.41) is 10.2. The number of aliphatic hydroxyl groups excluding tert-OH is 1. The van der Waals surface area contributed by atoms with Crippen LogP contribution in [0.4, 0.5) is 8.78 Å². The topological polar surface area (TPSA) is 20.2 Å². The maximum absolute atomic E-state index is 13.1. The van der Waals surface area contributed by atoms with Gasteiger partial charge in [0.15, 0.2) is 0 Å². The van der Waals surface area contributed by atoms with E-state index in [4.69, 9.17) is 11.6 Å². The van der Waals surface area contributed by atoms with Crippen molar-refractivity contribution in [1.29, 1.82) is 0 Å². The zero-order valence-electron chi connectivity index (χ0n) is 8.70. The van der Waals surface area contributed by atoms with Crippen molar-refractivity contribution in [2.75, 3.05) is 0 Å². The first-order chi connectivity index (χ1) is 8.06.